The molecule has 0 amide bonds. The predicted molar refractivity (Wildman–Crippen MR) is 125 cm³/mol. The van der Waals surface area contributed by atoms with Crippen molar-refractivity contribution in [2.75, 3.05) is 7.11 Å². The lowest BCUT2D eigenvalue weighted by Gasteiger charge is -2.25. The summed E-state index contributed by atoms with van der Waals surface area (Å²) in [5.41, 5.74) is 2.49. The summed E-state index contributed by atoms with van der Waals surface area (Å²) in [6.07, 6.45) is 5.89. The molecule has 4 rings (SSSR count). The molecule has 5 nitrogen and oxygen atoms in total. The van der Waals surface area contributed by atoms with E-state index < -0.39 is 0 Å². The minimum atomic E-state index is -0.333. The van der Waals surface area contributed by atoms with Gasteiger partial charge >= 0.3 is 5.97 Å². The maximum Gasteiger partial charge on any atom is 0.337 e. The van der Waals surface area contributed by atoms with Crippen LogP contribution in [0.3, 0.4) is 0 Å². The van der Waals surface area contributed by atoms with Crippen molar-refractivity contribution in [3.05, 3.63) is 63.6 Å². The zero-order chi connectivity index (χ0) is 21.8. The summed E-state index contributed by atoms with van der Waals surface area (Å²) < 4.78 is 7.02. The molecule has 0 atom stereocenters. The monoisotopic (exact) mass is 475 g/mol. The van der Waals surface area contributed by atoms with Crippen molar-refractivity contribution in [2.24, 2.45) is 0 Å². The van der Waals surface area contributed by atoms with Crippen molar-refractivity contribution in [3.8, 4) is 11.4 Å². The first kappa shape index (κ1) is 22.2. The fraction of sp³-hybridized carbons (Fsp3) is 0.348. The first-order chi connectivity index (χ1) is 15.1. The summed E-state index contributed by atoms with van der Waals surface area (Å²) in [6, 6.07) is 13.3. The third-order valence-corrected chi connectivity index (χ3v) is 7.08. The molecule has 0 saturated heterocycles. The fourth-order valence-corrected chi connectivity index (χ4v) is 5.36. The molecule has 0 radical (unpaired) electrons. The van der Waals surface area contributed by atoms with E-state index in [1.165, 1.54) is 26.4 Å². The Balaban J connectivity index is 1.61. The van der Waals surface area contributed by atoms with Crippen molar-refractivity contribution >= 4 is 40.9 Å². The van der Waals surface area contributed by atoms with Gasteiger partial charge in [0.05, 0.1) is 17.7 Å². The number of thioether (sulfide) groups is 1. The van der Waals surface area contributed by atoms with Crippen LogP contribution in [0, 0.1) is 0 Å². The highest BCUT2D eigenvalue weighted by Gasteiger charge is 2.25. The number of benzene rings is 2. The second-order valence-electron chi connectivity index (χ2n) is 7.57. The molecule has 1 aliphatic carbocycles. The van der Waals surface area contributed by atoms with E-state index in [9.17, 15) is 4.79 Å². The second-order valence-corrected chi connectivity index (χ2v) is 9.36. The standard InChI is InChI=1S/C23H23Cl2N3O2S/c1-30-22(29)16-9-7-15(8-10-16)14-31-23-27-26-21(19-12-11-17(24)13-20(19)25)28(23)18-5-3-2-4-6-18/h7-13,18H,2-6,14H2,1H3. The lowest BCUT2D eigenvalue weighted by Crippen LogP contribution is -2.15. The Kier molecular flexibility index (Phi) is 7.20. The van der Waals surface area contributed by atoms with Gasteiger partial charge in [-0.15, -0.1) is 10.2 Å². The maximum atomic E-state index is 11.6. The quantitative estimate of drug-likeness (QED) is 0.288. The fourth-order valence-electron chi connectivity index (χ4n) is 3.90. The smallest absolute Gasteiger partial charge is 0.337 e. The Morgan fingerprint density at radius 1 is 1.10 bits per heavy atom. The van der Waals surface area contributed by atoms with Crippen LogP contribution in [0.25, 0.3) is 11.4 Å². The Morgan fingerprint density at radius 3 is 2.52 bits per heavy atom. The number of ether oxygens (including phenoxy) is 1. The highest BCUT2D eigenvalue weighted by molar-refractivity contribution is 7.98. The molecule has 0 unspecified atom stereocenters. The van der Waals surface area contributed by atoms with Gasteiger partial charge in [0.2, 0.25) is 0 Å². The van der Waals surface area contributed by atoms with Crippen LogP contribution >= 0.6 is 35.0 Å². The van der Waals surface area contributed by atoms with Crippen molar-refractivity contribution in [1.82, 2.24) is 14.8 Å². The molecular weight excluding hydrogens is 453 g/mol. The third kappa shape index (κ3) is 5.08. The van der Waals surface area contributed by atoms with E-state index in [1.807, 2.05) is 24.3 Å². The summed E-state index contributed by atoms with van der Waals surface area (Å²) in [6.45, 7) is 0. The van der Waals surface area contributed by atoms with E-state index >= 15 is 0 Å². The van der Waals surface area contributed by atoms with Gasteiger partial charge in [0, 0.05) is 22.4 Å². The number of hydrogen-bond acceptors (Lipinski definition) is 5. The summed E-state index contributed by atoms with van der Waals surface area (Å²) in [7, 11) is 1.38. The third-order valence-electron chi connectivity index (χ3n) is 5.52. The lowest BCUT2D eigenvalue weighted by atomic mass is 9.95. The van der Waals surface area contributed by atoms with E-state index in [0.29, 0.717) is 21.7 Å². The summed E-state index contributed by atoms with van der Waals surface area (Å²) in [5.74, 6) is 1.18. The van der Waals surface area contributed by atoms with E-state index in [4.69, 9.17) is 27.9 Å². The van der Waals surface area contributed by atoms with Gasteiger partial charge < -0.3 is 4.74 Å². The number of hydrogen-bond donors (Lipinski definition) is 0. The molecule has 0 aliphatic heterocycles. The summed E-state index contributed by atoms with van der Waals surface area (Å²) in [4.78, 5) is 11.6. The Hall–Kier alpha value is -2.02. The molecule has 8 heteroatoms. The number of rotatable bonds is 6. The molecule has 0 spiro atoms. The van der Waals surface area contributed by atoms with Gasteiger partial charge in [-0.05, 0) is 48.7 Å². The minimum Gasteiger partial charge on any atom is -0.465 e. The summed E-state index contributed by atoms with van der Waals surface area (Å²) in [5, 5.41) is 11.1. The normalized spacial score (nSPS) is 14.5. The number of methoxy groups -OCH3 is 1. The van der Waals surface area contributed by atoms with E-state index in [0.717, 1.165) is 40.7 Å². The number of aromatic nitrogens is 3. The molecule has 0 bridgehead atoms. The van der Waals surface area contributed by atoms with Crippen molar-refractivity contribution in [2.45, 2.75) is 49.1 Å². The number of esters is 1. The van der Waals surface area contributed by atoms with Crippen LogP contribution < -0.4 is 0 Å². The average Bonchev–Trinajstić information content (AvgIpc) is 3.21. The van der Waals surface area contributed by atoms with Gasteiger partial charge in [-0.25, -0.2) is 4.79 Å². The van der Waals surface area contributed by atoms with Crippen LogP contribution in [0.1, 0.15) is 54.1 Å². The van der Waals surface area contributed by atoms with Crippen molar-refractivity contribution in [1.29, 1.82) is 0 Å². The first-order valence-electron chi connectivity index (χ1n) is 10.3. The van der Waals surface area contributed by atoms with Crippen LogP contribution in [0.2, 0.25) is 10.0 Å². The van der Waals surface area contributed by atoms with E-state index in [1.54, 1.807) is 30.0 Å². The lowest BCUT2D eigenvalue weighted by molar-refractivity contribution is 0.0600. The van der Waals surface area contributed by atoms with Crippen LogP contribution in [-0.2, 0) is 10.5 Å². The van der Waals surface area contributed by atoms with Crippen LogP contribution in [0.5, 0.6) is 0 Å². The number of halogens is 2. The molecule has 1 aliphatic rings. The molecule has 1 saturated carbocycles. The maximum absolute atomic E-state index is 11.6. The van der Waals surface area contributed by atoms with Gasteiger partial charge in [0.1, 0.15) is 0 Å². The molecule has 1 heterocycles. The number of carbonyl (C=O) groups is 1. The molecule has 31 heavy (non-hydrogen) atoms. The average molecular weight is 476 g/mol. The molecule has 3 aromatic rings. The Bertz CT molecular complexity index is 1060. The van der Waals surface area contributed by atoms with Crippen molar-refractivity contribution < 1.29 is 9.53 Å². The highest BCUT2D eigenvalue weighted by Crippen LogP contribution is 2.38. The molecule has 2 aromatic carbocycles. The molecule has 162 valence electrons. The molecule has 0 N–H and O–H groups in total. The van der Waals surface area contributed by atoms with Crippen LogP contribution in [0.15, 0.2) is 47.6 Å². The van der Waals surface area contributed by atoms with Crippen LogP contribution in [-0.4, -0.2) is 27.8 Å². The molecule has 1 aromatic heterocycles. The Labute approximate surface area is 196 Å². The van der Waals surface area contributed by atoms with Crippen LogP contribution in [0.4, 0.5) is 0 Å². The van der Waals surface area contributed by atoms with Gasteiger partial charge in [0.15, 0.2) is 11.0 Å². The number of nitrogens with zero attached hydrogens (tertiary/aromatic N) is 3. The minimum absolute atomic E-state index is 0.333. The van der Waals surface area contributed by atoms with Gasteiger partial charge in [-0.1, -0.05) is 66.4 Å². The van der Waals surface area contributed by atoms with E-state index in [2.05, 4.69) is 14.8 Å². The zero-order valence-electron chi connectivity index (χ0n) is 17.2. The van der Waals surface area contributed by atoms with Crippen molar-refractivity contribution in [3.63, 3.8) is 0 Å². The Morgan fingerprint density at radius 2 is 1.84 bits per heavy atom. The van der Waals surface area contributed by atoms with Gasteiger partial charge in [0.25, 0.3) is 0 Å². The largest absolute Gasteiger partial charge is 0.465 e. The second kappa shape index (κ2) is 10.1. The predicted octanol–water partition coefficient (Wildman–Crippen LogP) is 6.84. The van der Waals surface area contributed by atoms with E-state index in [-0.39, 0.29) is 5.97 Å². The topological polar surface area (TPSA) is 57.0 Å². The zero-order valence-corrected chi connectivity index (χ0v) is 19.5. The SMILES string of the molecule is COC(=O)c1ccc(CSc2nnc(-c3ccc(Cl)cc3Cl)n2C2CCCCC2)cc1. The highest BCUT2D eigenvalue weighted by atomic mass is 35.5. The van der Waals surface area contributed by atoms with Gasteiger partial charge in [-0.3, -0.25) is 4.57 Å². The van der Waals surface area contributed by atoms with Gasteiger partial charge in [-0.2, -0.15) is 0 Å². The summed E-state index contributed by atoms with van der Waals surface area (Å²) >= 11 is 14.2. The first-order valence-corrected chi connectivity index (χ1v) is 12.0. The molecule has 1 fully saturated rings. The molecular formula is C23H23Cl2N3O2S. The number of carbonyl (C=O) groups excluding carboxylic acids is 1.